The quantitative estimate of drug-likeness (QED) is 0.553. The summed E-state index contributed by atoms with van der Waals surface area (Å²) in [7, 11) is 0. The van der Waals surface area contributed by atoms with E-state index in [9.17, 15) is 4.79 Å². The molecule has 4 atom stereocenters. The lowest BCUT2D eigenvalue weighted by atomic mass is 9.69. The molecule has 1 spiro atoms. The minimum absolute atomic E-state index is 0.0327. The molecule has 0 aromatic carbocycles. The molecule has 3 aliphatic carbocycles. The summed E-state index contributed by atoms with van der Waals surface area (Å²) >= 11 is 0. The number of hydrogen-bond acceptors (Lipinski definition) is 1. The third kappa shape index (κ3) is 0.971. The molecule has 1 nitrogen and oxygen atoms in total. The Bertz CT molecular complexity index is 343. The van der Waals surface area contributed by atoms with Crippen LogP contribution in [-0.4, -0.2) is 5.78 Å². The van der Waals surface area contributed by atoms with Crippen molar-refractivity contribution in [3.63, 3.8) is 0 Å². The lowest BCUT2D eigenvalue weighted by Crippen LogP contribution is -2.37. The van der Waals surface area contributed by atoms with Crippen molar-refractivity contribution in [3.8, 4) is 0 Å². The van der Waals surface area contributed by atoms with Crippen molar-refractivity contribution >= 4 is 5.78 Å². The van der Waals surface area contributed by atoms with Crippen molar-refractivity contribution in [2.24, 2.45) is 22.7 Å². The van der Waals surface area contributed by atoms with Crippen molar-refractivity contribution in [3.05, 3.63) is 12.2 Å². The monoisotopic (exact) mass is 204 g/mol. The van der Waals surface area contributed by atoms with Crippen LogP contribution in [0.2, 0.25) is 0 Å². The summed E-state index contributed by atoms with van der Waals surface area (Å²) in [5.41, 5.74) is 0.0107. The molecule has 0 amide bonds. The molecule has 2 saturated carbocycles. The maximum Gasteiger partial charge on any atom is 0.146 e. The van der Waals surface area contributed by atoms with Crippen molar-refractivity contribution in [1.29, 1.82) is 0 Å². The Morgan fingerprint density at radius 2 is 2.27 bits per heavy atom. The average molecular weight is 204 g/mol. The van der Waals surface area contributed by atoms with E-state index < -0.39 is 0 Å². The normalized spacial score (nSPS) is 53.1. The van der Waals surface area contributed by atoms with E-state index >= 15 is 0 Å². The summed E-state index contributed by atoms with van der Waals surface area (Å²) in [6, 6.07) is 0. The first kappa shape index (κ1) is 9.62. The highest BCUT2D eigenvalue weighted by molar-refractivity contribution is 5.94. The Kier molecular flexibility index (Phi) is 1.76. The number of fused-ring (bicyclic) bond motifs is 1. The molecule has 0 radical (unpaired) electrons. The van der Waals surface area contributed by atoms with E-state index in [1.165, 1.54) is 12.8 Å². The number of carbonyl (C=O) groups excluding carboxylic acids is 1. The summed E-state index contributed by atoms with van der Waals surface area (Å²) in [5.74, 6) is 1.76. The molecule has 0 heterocycles. The van der Waals surface area contributed by atoms with Gasteiger partial charge in [0.25, 0.3) is 0 Å². The number of allylic oxidation sites excluding steroid dienone is 2. The van der Waals surface area contributed by atoms with Gasteiger partial charge in [-0.15, -0.1) is 0 Å². The van der Waals surface area contributed by atoms with Gasteiger partial charge in [0.05, 0.1) is 0 Å². The molecule has 0 aliphatic heterocycles. The van der Waals surface area contributed by atoms with Crippen LogP contribution in [0, 0.1) is 22.7 Å². The fraction of sp³-hybridized carbons (Fsp3) is 0.786. The molecule has 15 heavy (non-hydrogen) atoms. The zero-order chi connectivity index (χ0) is 10.7. The molecule has 3 rings (SSSR count). The predicted octanol–water partition coefficient (Wildman–Crippen LogP) is 3.35. The Morgan fingerprint density at radius 3 is 3.07 bits per heavy atom. The SMILES string of the molecule is C[C@H]1C[C@]2(C)CC=C[C@@H]3CCC[C@@]31C2=O. The zero-order valence-corrected chi connectivity index (χ0v) is 9.75. The molecule has 82 valence electrons. The largest absolute Gasteiger partial charge is 0.298 e. The van der Waals surface area contributed by atoms with Gasteiger partial charge in [-0.1, -0.05) is 32.4 Å². The van der Waals surface area contributed by atoms with Crippen LogP contribution in [0.3, 0.4) is 0 Å². The second-order valence-corrected chi connectivity index (χ2v) is 6.17. The first-order chi connectivity index (χ1) is 7.09. The fourth-order valence-electron chi connectivity index (χ4n) is 4.62. The smallest absolute Gasteiger partial charge is 0.146 e. The lowest BCUT2D eigenvalue weighted by molar-refractivity contribution is -0.134. The molecule has 2 bridgehead atoms. The van der Waals surface area contributed by atoms with Gasteiger partial charge in [-0.2, -0.15) is 0 Å². The Hall–Kier alpha value is -0.590. The number of carbonyl (C=O) groups is 1. The van der Waals surface area contributed by atoms with Crippen LogP contribution in [0.15, 0.2) is 12.2 Å². The van der Waals surface area contributed by atoms with E-state index in [0.29, 0.717) is 17.6 Å². The van der Waals surface area contributed by atoms with Crippen LogP contribution in [0.4, 0.5) is 0 Å². The van der Waals surface area contributed by atoms with Crippen LogP contribution >= 0.6 is 0 Å². The highest BCUT2D eigenvalue weighted by Gasteiger charge is 2.62. The molecule has 0 aromatic rings. The highest BCUT2D eigenvalue weighted by atomic mass is 16.1. The van der Waals surface area contributed by atoms with Crippen molar-refractivity contribution < 1.29 is 4.79 Å². The third-order valence-electron chi connectivity index (χ3n) is 5.31. The summed E-state index contributed by atoms with van der Waals surface area (Å²) in [6.07, 6.45) is 10.4. The molecular formula is C14H20O. The summed E-state index contributed by atoms with van der Waals surface area (Å²) in [6.45, 7) is 4.49. The zero-order valence-electron chi connectivity index (χ0n) is 9.75. The molecule has 0 aromatic heterocycles. The van der Waals surface area contributed by atoms with Gasteiger partial charge in [-0.05, 0) is 37.5 Å². The maximum atomic E-state index is 12.7. The Labute approximate surface area is 91.9 Å². The third-order valence-corrected chi connectivity index (χ3v) is 5.31. The molecule has 0 saturated heterocycles. The number of ketones is 1. The van der Waals surface area contributed by atoms with Gasteiger partial charge in [0.1, 0.15) is 5.78 Å². The molecule has 1 heteroatoms. The Morgan fingerprint density at radius 1 is 1.47 bits per heavy atom. The van der Waals surface area contributed by atoms with Crippen LogP contribution in [0.5, 0.6) is 0 Å². The maximum absolute atomic E-state index is 12.7. The van der Waals surface area contributed by atoms with Gasteiger partial charge in [-0.25, -0.2) is 0 Å². The van der Waals surface area contributed by atoms with Crippen LogP contribution in [0.1, 0.15) is 46.0 Å². The van der Waals surface area contributed by atoms with Crippen molar-refractivity contribution in [2.75, 3.05) is 0 Å². The second-order valence-electron chi connectivity index (χ2n) is 6.17. The molecule has 0 unspecified atom stereocenters. The Balaban J connectivity index is 2.16. The summed E-state index contributed by atoms with van der Waals surface area (Å²) < 4.78 is 0. The standard InChI is InChI=1S/C14H20O/c1-10-9-13(2)7-3-5-11-6-4-8-14(10,11)12(13)15/h3,5,10-11H,4,6-9H2,1-2H3/t10-,11+,13-,14-/m0/s1. The second kappa shape index (κ2) is 2.75. The van der Waals surface area contributed by atoms with Crippen LogP contribution in [-0.2, 0) is 4.79 Å². The van der Waals surface area contributed by atoms with Crippen LogP contribution in [0.25, 0.3) is 0 Å². The molecule has 3 aliphatic rings. The van der Waals surface area contributed by atoms with E-state index in [1.807, 2.05) is 0 Å². The minimum Gasteiger partial charge on any atom is -0.298 e. The highest BCUT2D eigenvalue weighted by Crippen LogP contribution is 2.63. The molecule has 2 fully saturated rings. The van der Waals surface area contributed by atoms with Gasteiger partial charge >= 0.3 is 0 Å². The number of Topliss-reactive ketones (excluding diaryl/α,β-unsaturated/α-hetero) is 1. The van der Waals surface area contributed by atoms with Gasteiger partial charge in [0, 0.05) is 10.8 Å². The average Bonchev–Trinajstić information content (AvgIpc) is 2.63. The van der Waals surface area contributed by atoms with E-state index in [-0.39, 0.29) is 10.8 Å². The lowest BCUT2D eigenvalue weighted by Gasteiger charge is -2.32. The van der Waals surface area contributed by atoms with E-state index in [2.05, 4.69) is 26.0 Å². The van der Waals surface area contributed by atoms with Crippen LogP contribution < -0.4 is 0 Å². The number of hydrogen-bond donors (Lipinski definition) is 0. The van der Waals surface area contributed by atoms with Crippen molar-refractivity contribution in [2.45, 2.75) is 46.0 Å². The fourth-order valence-corrected chi connectivity index (χ4v) is 4.62. The van der Waals surface area contributed by atoms with Crippen molar-refractivity contribution in [1.82, 2.24) is 0 Å². The predicted molar refractivity (Wildman–Crippen MR) is 60.4 cm³/mol. The minimum atomic E-state index is -0.0327. The van der Waals surface area contributed by atoms with Gasteiger partial charge < -0.3 is 0 Å². The van der Waals surface area contributed by atoms with E-state index in [0.717, 1.165) is 19.3 Å². The molecular weight excluding hydrogens is 184 g/mol. The van der Waals surface area contributed by atoms with Gasteiger partial charge in [0.2, 0.25) is 0 Å². The topological polar surface area (TPSA) is 17.1 Å². The summed E-state index contributed by atoms with van der Waals surface area (Å²) in [4.78, 5) is 12.7. The van der Waals surface area contributed by atoms with E-state index in [4.69, 9.17) is 0 Å². The first-order valence-electron chi connectivity index (χ1n) is 6.31. The summed E-state index contributed by atoms with van der Waals surface area (Å²) in [5, 5.41) is 0. The van der Waals surface area contributed by atoms with E-state index in [1.54, 1.807) is 0 Å². The number of rotatable bonds is 0. The molecule has 0 N–H and O–H groups in total. The first-order valence-corrected chi connectivity index (χ1v) is 6.31. The van der Waals surface area contributed by atoms with Gasteiger partial charge in [0.15, 0.2) is 0 Å². The van der Waals surface area contributed by atoms with Gasteiger partial charge in [-0.3, -0.25) is 4.79 Å².